The molecule has 0 spiro atoms. The van der Waals surface area contributed by atoms with Crippen molar-refractivity contribution in [1.29, 1.82) is 0 Å². The minimum Gasteiger partial charge on any atom is -0.481 e. The van der Waals surface area contributed by atoms with E-state index in [0.29, 0.717) is 18.8 Å². The van der Waals surface area contributed by atoms with Crippen LogP contribution >= 0.6 is 0 Å². The summed E-state index contributed by atoms with van der Waals surface area (Å²) in [7, 11) is 0. The van der Waals surface area contributed by atoms with Crippen molar-refractivity contribution in [2.24, 2.45) is 5.92 Å². The van der Waals surface area contributed by atoms with Gasteiger partial charge in [-0.2, -0.15) is 0 Å². The number of rotatable bonds is 5. The number of nitrogens with zero attached hydrogens (tertiary/aromatic N) is 1. The zero-order valence-corrected chi connectivity index (χ0v) is 12.2. The average Bonchev–Trinajstić information content (AvgIpc) is 3.12. The van der Waals surface area contributed by atoms with Crippen LogP contribution in [0.3, 0.4) is 0 Å². The lowest BCUT2D eigenvalue weighted by atomic mass is 10.0. The standard InChI is InChI=1S/C16H21NO4/c1-11(13-3-4-14-15(8-13)21-10-20-14)17-7-6-12(9-17)2-5-16(18)19/h3-4,8,11-12H,2,5-7,9-10H2,1H3,(H,18,19). The number of likely N-dealkylation sites (tertiary alicyclic amines) is 1. The third-order valence-electron chi connectivity index (χ3n) is 4.51. The van der Waals surface area contributed by atoms with Crippen molar-refractivity contribution in [3.05, 3.63) is 23.8 Å². The molecular formula is C16H21NO4. The molecule has 0 saturated carbocycles. The number of fused-ring (bicyclic) bond motifs is 1. The molecule has 2 unspecified atom stereocenters. The molecule has 0 amide bonds. The Morgan fingerprint density at radius 1 is 1.43 bits per heavy atom. The van der Waals surface area contributed by atoms with Gasteiger partial charge in [0.1, 0.15) is 0 Å². The summed E-state index contributed by atoms with van der Waals surface area (Å²) in [6, 6.07) is 6.42. The summed E-state index contributed by atoms with van der Waals surface area (Å²) in [5.74, 6) is 1.43. The molecule has 2 heterocycles. The Balaban J connectivity index is 1.61. The van der Waals surface area contributed by atoms with Crippen molar-refractivity contribution in [2.45, 2.75) is 32.2 Å². The van der Waals surface area contributed by atoms with E-state index in [-0.39, 0.29) is 6.42 Å². The lowest BCUT2D eigenvalue weighted by molar-refractivity contribution is -0.137. The summed E-state index contributed by atoms with van der Waals surface area (Å²) >= 11 is 0. The van der Waals surface area contributed by atoms with E-state index in [2.05, 4.69) is 24.0 Å². The first kappa shape index (κ1) is 14.2. The summed E-state index contributed by atoms with van der Waals surface area (Å²) < 4.78 is 10.8. The molecule has 0 bridgehead atoms. The van der Waals surface area contributed by atoms with Crippen LogP contribution in [0.2, 0.25) is 0 Å². The quantitative estimate of drug-likeness (QED) is 0.903. The number of hydrogen-bond donors (Lipinski definition) is 1. The molecule has 1 aromatic rings. The molecule has 0 aliphatic carbocycles. The van der Waals surface area contributed by atoms with E-state index in [4.69, 9.17) is 14.6 Å². The van der Waals surface area contributed by atoms with E-state index >= 15 is 0 Å². The summed E-state index contributed by atoms with van der Waals surface area (Å²) in [6.45, 7) is 4.49. The average molecular weight is 291 g/mol. The molecule has 21 heavy (non-hydrogen) atoms. The fraction of sp³-hybridized carbons (Fsp3) is 0.562. The molecule has 2 aliphatic rings. The molecule has 0 aromatic heterocycles. The van der Waals surface area contributed by atoms with Crippen LogP contribution in [0.15, 0.2) is 18.2 Å². The topological polar surface area (TPSA) is 59.0 Å². The van der Waals surface area contributed by atoms with Gasteiger partial charge in [-0.3, -0.25) is 9.69 Å². The van der Waals surface area contributed by atoms with Crippen molar-refractivity contribution >= 4 is 5.97 Å². The molecule has 5 nitrogen and oxygen atoms in total. The zero-order valence-electron chi connectivity index (χ0n) is 12.2. The highest BCUT2D eigenvalue weighted by molar-refractivity contribution is 5.66. The number of carboxylic acids is 1. The van der Waals surface area contributed by atoms with E-state index in [9.17, 15) is 4.79 Å². The van der Waals surface area contributed by atoms with Gasteiger partial charge in [-0.15, -0.1) is 0 Å². The SMILES string of the molecule is CC(c1ccc2c(c1)OCO2)N1CCC(CCC(=O)O)C1. The smallest absolute Gasteiger partial charge is 0.303 e. The minimum absolute atomic E-state index is 0.275. The molecule has 1 fully saturated rings. The highest BCUT2D eigenvalue weighted by Crippen LogP contribution is 2.36. The van der Waals surface area contributed by atoms with Crippen LogP contribution in [-0.4, -0.2) is 35.9 Å². The van der Waals surface area contributed by atoms with E-state index in [1.807, 2.05) is 6.07 Å². The second kappa shape index (κ2) is 5.93. The van der Waals surface area contributed by atoms with E-state index in [1.54, 1.807) is 0 Å². The molecule has 5 heteroatoms. The van der Waals surface area contributed by atoms with Gasteiger partial charge in [0.15, 0.2) is 11.5 Å². The maximum atomic E-state index is 10.7. The third-order valence-corrected chi connectivity index (χ3v) is 4.51. The molecular weight excluding hydrogens is 270 g/mol. The van der Waals surface area contributed by atoms with Crippen molar-refractivity contribution in [2.75, 3.05) is 19.9 Å². The van der Waals surface area contributed by atoms with Crippen molar-refractivity contribution < 1.29 is 19.4 Å². The van der Waals surface area contributed by atoms with Gasteiger partial charge in [-0.05, 0) is 49.9 Å². The van der Waals surface area contributed by atoms with Gasteiger partial charge in [-0.25, -0.2) is 0 Å². The Hall–Kier alpha value is -1.75. The first-order valence-electron chi connectivity index (χ1n) is 7.49. The number of ether oxygens (including phenoxy) is 2. The first-order chi connectivity index (χ1) is 10.1. The molecule has 1 N–H and O–H groups in total. The van der Waals surface area contributed by atoms with Crippen LogP contribution in [0.25, 0.3) is 0 Å². The fourth-order valence-electron chi connectivity index (χ4n) is 3.16. The largest absolute Gasteiger partial charge is 0.481 e. The number of benzene rings is 1. The predicted octanol–water partition coefficient (Wildman–Crippen LogP) is 2.66. The van der Waals surface area contributed by atoms with Gasteiger partial charge in [0.25, 0.3) is 0 Å². The predicted molar refractivity (Wildman–Crippen MR) is 77.5 cm³/mol. The highest BCUT2D eigenvalue weighted by atomic mass is 16.7. The zero-order chi connectivity index (χ0) is 14.8. The molecule has 1 saturated heterocycles. The highest BCUT2D eigenvalue weighted by Gasteiger charge is 2.27. The van der Waals surface area contributed by atoms with E-state index < -0.39 is 5.97 Å². The van der Waals surface area contributed by atoms with Gasteiger partial charge < -0.3 is 14.6 Å². The van der Waals surface area contributed by atoms with Gasteiger partial charge in [-0.1, -0.05) is 6.07 Å². The molecule has 0 radical (unpaired) electrons. The molecule has 1 aromatic carbocycles. The summed E-state index contributed by atoms with van der Waals surface area (Å²) in [5, 5.41) is 8.78. The van der Waals surface area contributed by atoms with Gasteiger partial charge in [0.05, 0.1) is 0 Å². The van der Waals surface area contributed by atoms with E-state index in [1.165, 1.54) is 5.56 Å². The lowest BCUT2D eigenvalue weighted by Gasteiger charge is -2.25. The second-order valence-electron chi connectivity index (χ2n) is 5.87. The minimum atomic E-state index is -0.697. The Labute approximate surface area is 124 Å². The molecule has 114 valence electrons. The monoisotopic (exact) mass is 291 g/mol. The molecule has 3 rings (SSSR count). The van der Waals surface area contributed by atoms with Crippen LogP contribution < -0.4 is 9.47 Å². The second-order valence-corrected chi connectivity index (χ2v) is 5.87. The van der Waals surface area contributed by atoms with Crippen molar-refractivity contribution in [3.63, 3.8) is 0 Å². The number of carbonyl (C=O) groups is 1. The maximum absolute atomic E-state index is 10.7. The Morgan fingerprint density at radius 3 is 3.05 bits per heavy atom. The maximum Gasteiger partial charge on any atom is 0.303 e. The van der Waals surface area contributed by atoms with Crippen LogP contribution in [0.5, 0.6) is 11.5 Å². The van der Waals surface area contributed by atoms with Gasteiger partial charge in [0, 0.05) is 19.0 Å². The van der Waals surface area contributed by atoms with Crippen LogP contribution in [0.4, 0.5) is 0 Å². The van der Waals surface area contributed by atoms with Crippen LogP contribution in [0.1, 0.15) is 37.8 Å². The summed E-state index contributed by atoms with van der Waals surface area (Å²) in [4.78, 5) is 13.1. The normalized spacial score (nSPS) is 22.4. The summed E-state index contributed by atoms with van der Waals surface area (Å²) in [6.07, 6.45) is 2.14. The summed E-state index contributed by atoms with van der Waals surface area (Å²) in [5.41, 5.74) is 1.22. The Bertz CT molecular complexity index is 531. The van der Waals surface area contributed by atoms with Gasteiger partial charge >= 0.3 is 5.97 Å². The Morgan fingerprint density at radius 2 is 2.24 bits per heavy atom. The van der Waals surface area contributed by atoms with E-state index in [0.717, 1.165) is 37.4 Å². The number of aliphatic carboxylic acids is 1. The lowest BCUT2D eigenvalue weighted by Crippen LogP contribution is -2.24. The number of hydrogen-bond acceptors (Lipinski definition) is 4. The first-order valence-corrected chi connectivity index (χ1v) is 7.49. The van der Waals surface area contributed by atoms with Crippen molar-refractivity contribution in [3.8, 4) is 11.5 Å². The number of carboxylic acid groups (broad SMARTS) is 1. The van der Waals surface area contributed by atoms with Crippen molar-refractivity contribution in [1.82, 2.24) is 4.90 Å². The molecule has 2 aliphatic heterocycles. The third kappa shape index (κ3) is 3.13. The Kier molecular flexibility index (Phi) is 4.01. The molecule has 2 atom stereocenters. The van der Waals surface area contributed by atoms with Crippen LogP contribution in [0, 0.1) is 5.92 Å². The van der Waals surface area contributed by atoms with Crippen LogP contribution in [-0.2, 0) is 4.79 Å². The fourth-order valence-corrected chi connectivity index (χ4v) is 3.16. The van der Waals surface area contributed by atoms with Gasteiger partial charge in [0.2, 0.25) is 6.79 Å².